The van der Waals surface area contributed by atoms with Crippen molar-refractivity contribution in [3.63, 3.8) is 0 Å². The molecule has 0 saturated heterocycles. The molecule has 0 spiro atoms. The maximum absolute atomic E-state index is 12.2. The monoisotopic (exact) mass is 371 g/mol. The van der Waals surface area contributed by atoms with Gasteiger partial charge in [-0.05, 0) is 49.3 Å². The summed E-state index contributed by atoms with van der Waals surface area (Å²) in [6.07, 6.45) is 4.15. The van der Waals surface area contributed by atoms with Crippen molar-refractivity contribution in [2.24, 2.45) is 11.8 Å². The van der Waals surface area contributed by atoms with Crippen molar-refractivity contribution in [3.8, 4) is 0 Å². The lowest BCUT2D eigenvalue weighted by atomic mass is 9.83. The number of hydrogen-bond donors (Lipinski definition) is 3. The van der Waals surface area contributed by atoms with E-state index in [2.05, 4.69) is 25.9 Å². The molecule has 2 atom stereocenters. The molecule has 0 aliphatic heterocycles. The third kappa shape index (κ3) is 5.12. The number of aromatic amines is 1. The van der Waals surface area contributed by atoms with E-state index >= 15 is 0 Å². The fourth-order valence-corrected chi connectivity index (χ4v) is 3.26. The van der Waals surface area contributed by atoms with Crippen LogP contribution in [-0.4, -0.2) is 44.2 Å². The number of nitrogens with zero attached hydrogens (tertiary/aromatic N) is 3. The third-order valence-electron chi connectivity index (χ3n) is 5.02. The van der Waals surface area contributed by atoms with Crippen molar-refractivity contribution in [1.29, 1.82) is 0 Å². The van der Waals surface area contributed by atoms with Gasteiger partial charge in [0.2, 0.25) is 0 Å². The van der Waals surface area contributed by atoms with Gasteiger partial charge in [-0.1, -0.05) is 30.7 Å². The Bertz CT molecular complexity index is 756. The van der Waals surface area contributed by atoms with Gasteiger partial charge in [0, 0.05) is 18.0 Å². The van der Waals surface area contributed by atoms with Crippen LogP contribution in [0, 0.1) is 11.8 Å². The van der Waals surface area contributed by atoms with E-state index in [0.29, 0.717) is 30.1 Å². The lowest BCUT2D eigenvalue weighted by Gasteiger charge is -2.21. The molecule has 0 bridgehead atoms. The molecule has 1 aromatic heterocycles. The minimum Gasteiger partial charge on any atom is -0.481 e. The lowest BCUT2D eigenvalue weighted by Crippen LogP contribution is -2.26. The van der Waals surface area contributed by atoms with E-state index in [1.807, 2.05) is 19.1 Å². The van der Waals surface area contributed by atoms with Gasteiger partial charge in [-0.2, -0.15) is 5.21 Å². The Labute approximate surface area is 157 Å². The SMILES string of the molecule is CCC[C@H](C(=O)O)[C@H](Cc1ccc(C(=O)NCC2CC2)cc1)c1nn[nH]n1. The maximum atomic E-state index is 12.2. The molecular weight excluding hydrogens is 346 g/mol. The van der Waals surface area contributed by atoms with Crippen molar-refractivity contribution in [2.45, 2.75) is 44.9 Å². The molecule has 1 aromatic carbocycles. The predicted molar refractivity (Wildman–Crippen MR) is 98.2 cm³/mol. The standard InChI is InChI=1S/C19H25N5O3/c1-2-3-15(19(26)27)16(17-21-23-24-22-17)10-12-6-8-14(9-7-12)18(25)20-11-13-4-5-13/h6-9,13,15-16H,2-5,10-11H2,1H3,(H,20,25)(H,26,27)(H,21,22,23,24)/t15-,16-/m0/s1. The summed E-state index contributed by atoms with van der Waals surface area (Å²) >= 11 is 0. The van der Waals surface area contributed by atoms with E-state index in [1.165, 1.54) is 12.8 Å². The van der Waals surface area contributed by atoms with Gasteiger partial charge in [-0.3, -0.25) is 9.59 Å². The van der Waals surface area contributed by atoms with Crippen LogP contribution in [0.3, 0.4) is 0 Å². The van der Waals surface area contributed by atoms with Crippen LogP contribution < -0.4 is 5.32 Å². The van der Waals surface area contributed by atoms with Gasteiger partial charge in [0.1, 0.15) is 0 Å². The first-order valence-corrected chi connectivity index (χ1v) is 9.41. The van der Waals surface area contributed by atoms with Crippen molar-refractivity contribution in [3.05, 3.63) is 41.2 Å². The Balaban J connectivity index is 1.71. The van der Waals surface area contributed by atoms with Gasteiger partial charge in [0.25, 0.3) is 5.91 Å². The molecular formula is C19H25N5O3. The molecule has 1 amide bonds. The average Bonchev–Trinajstić information content (AvgIpc) is 3.34. The molecule has 3 N–H and O–H groups in total. The molecule has 144 valence electrons. The fourth-order valence-electron chi connectivity index (χ4n) is 3.26. The summed E-state index contributed by atoms with van der Waals surface area (Å²) in [6, 6.07) is 7.29. The van der Waals surface area contributed by atoms with E-state index in [1.54, 1.807) is 12.1 Å². The van der Waals surface area contributed by atoms with Crippen molar-refractivity contribution >= 4 is 11.9 Å². The molecule has 27 heavy (non-hydrogen) atoms. The highest BCUT2D eigenvalue weighted by Crippen LogP contribution is 2.30. The van der Waals surface area contributed by atoms with Gasteiger partial charge in [-0.25, -0.2) is 0 Å². The molecule has 8 nitrogen and oxygen atoms in total. The van der Waals surface area contributed by atoms with Gasteiger partial charge < -0.3 is 10.4 Å². The quantitative estimate of drug-likeness (QED) is 0.588. The van der Waals surface area contributed by atoms with Crippen molar-refractivity contribution < 1.29 is 14.7 Å². The summed E-state index contributed by atoms with van der Waals surface area (Å²) in [7, 11) is 0. The molecule has 8 heteroatoms. The second kappa shape index (κ2) is 8.75. The zero-order valence-electron chi connectivity index (χ0n) is 15.4. The first-order chi connectivity index (χ1) is 13.1. The normalized spacial score (nSPS) is 15.9. The number of aromatic nitrogens is 4. The Hall–Kier alpha value is -2.77. The topological polar surface area (TPSA) is 121 Å². The van der Waals surface area contributed by atoms with Crippen LogP contribution in [0.15, 0.2) is 24.3 Å². The van der Waals surface area contributed by atoms with E-state index in [9.17, 15) is 14.7 Å². The smallest absolute Gasteiger partial charge is 0.307 e. The fraction of sp³-hybridized carbons (Fsp3) is 0.526. The van der Waals surface area contributed by atoms with E-state index < -0.39 is 11.9 Å². The summed E-state index contributed by atoms with van der Waals surface area (Å²) in [5, 5.41) is 26.6. The molecule has 0 radical (unpaired) electrons. The number of aliphatic carboxylic acids is 1. The van der Waals surface area contributed by atoms with Gasteiger partial charge in [0.05, 0.1) is 5.92 Å². The maximum Gasteiger partial charge on any atom is 0.307 e. The number of hydrogen-bond acceptors (Lipinski definition) is 5. The van der Waals surface area contributed by atoms with Crippen LogP contribution in [-0.2, 0) is 11.2 Å². The van der Waals surface area contributed by atoms with E-state index in [-0.39, 0.29) is 11.8 Å². The highest BCUT2D eigenvalue weighted by atomic mass is 16.4. The molecule has 1 aliphatic carbocycles. The highest BCUT2D eigenvalue weighted by molar-refractivity contribution is 5.94. The molecule has 0 unspecified atom stereocenters. The molecule has 1 aliphatic rings. The molecule has 2 aromatic rings. The van der Waals surface area contributed by atoms with Gasteiger partial charge in [0.15, 0.2) is 5.82 Å². The molecule has 1 saturated carbocycles. The number of benzene rings is 1. The molecule has 3 rings (SSSR count). The Morgan fingerprint density at radius 2 is 2.04 bits per heavy atom. The number of carbonyl (C=O) groups excluding carboxylic acids is 1. The Morgan fingerprint density at radius 1 is 1.30 bits per heavy atom. The summed E-state index contributed by atoms with van der Waals surface area (Å²) in [6.45, 7) is 2.69. The predicted octanol–water partition coefficient (Wildman–Crippen LogP) is 2.17. The van der Waals surface area contributed by atoms with Crippen LogP contribution in [0.5, 0.6) is 0 Å². The minimum absolute atomic E-state index is 0.0717. The lowest BCUT2D eigenvalue weighted by molar-refractivity contribution is -0.143. The number of amides is 1. The van der Waals surface area contributed by atoms with Crippen molar-refractivity contribution in [1.82, 2.24) is 25.9 Å². The number of carboxylic acid groups (broad SMARTS) is 1. The van der Waals surface area contributed by atoms with Crippen molar-refractivity contribution in [2.75, 3.05) is 6.54 Å². The van der Waals surface area contributed by atoms with Crippen LogP contribution >= 0.6 is 0 Å². The van der Waals surface area contributed by atoms with Crippen LogP contribution in [0.25, 0.3) is 0 Å². The van der Waals surface area contributed by atoms with Crippen LogP contribution in [0.2, 0.25) is 0 Å². The minimum atomic E-state index is -0.859. The van der Waals surface area contributed by atoms with Crippen LogP contribution in [0.1, 0.15) is 60.3 Å². The number of carboxylic acids is 1. The summed E-state index contributed by atoms with van der Waals surface area (Å²) < 4.78 is 0. The molecule has 1 fully saturated rings. The largest absolute Gasteiger partial charge is 0.481 e. The average molecular weight is 371 g/mol. The zero-order valence-corrected chi connectivity index (χ0v) is 15.4. The molecule has 1 heterocycles. The summed E-state index contributed by atoms with van der Waals surface area (Å²) in [4.78, 5) is 23.9. The second-order valence-electron chi connectivity index (χ2n) is 7.16. The van der Waals surface area contributed by atoms with Gasteiger partial charge >= 0.3 is 5.97 Å². The first kappa shape index (κ1) is 19.0. The highest BCUT2D eigenvalue weighted by Gasteiger charge is 2.32. The Kier molecular flexibility index (Phi) is 6.16. The summed E-state index contributed by atoms with van der Waals surface area (Å²) in [5.74, 6) is -0.859. The van der Waals surface area contributed by atoms with E-state index in [0.717, 1.165) is 18.5 Å². The second-order valence-corrected chi connectivity index (χ2v) is 7.16. The Morgan fingerprint density at radius 3 is 2.59 bits per heavy atom. The first-order valence-electron chi connectivity index (χ1n) is 9.41. The number of tetrazole rings is 1. The van der Waals surface area contributed by atoms with E-state index in [4.69, 9.17) is 0 Å². The number of H-pyrrole nitrogens is 1. The third-order valence-corrected chi connectivity index (χ3v) is 5.02. The zero-order chi connectivity index (χ0) is 19.2. The van der Waals surface area contributed by atoms with Gasteiger partial charge in [-0.15, -0.1) is 10.2 Å². The number of carbonyl (C=O) groups is 2. The number of nitrogens with one attached hydrogen (secondary N) is 2. The number of rotatable bonds is 10. The summed E-state index contributed by atoms with van der Waals surface area (Å²) in [5.41, 5.74) is 1.55. The van der Waals surface area contributed by atoms with Crippen LogP contribution in [0.4, 0.5) is 0 Å².